The smallest absolute Gasteiger partial charge is 0.327 e. The summed E-state index contributed by atoms with van der Waals surface area (Å²) in [5.41, 5.74) is 7.08. The highest BCUT2D eigenvalue weighted by atomic mass is 16.5. The number of aromatic nitrogens is 3. The Morgan fingerprint density at radius 3 is 3.20 bits per heavy atom. The Bertz CT molecular complexity index is 494. The van der Waals surface area contributed by atoms with Gasteiger partial charge in [0.2, 0.25) is 0 Å². The van der Waals surface area contributed by atoms with Gasteiger partial charge in [-0.1, -0.05) is 0 Å². The fourth-order valence-corrected chi connectivity index (χ4v) is 1.39. The van der Waals surface area contributed by atoms with Crippen LogP contribution in [0.5, 0.6) is 0 Å². The number of ether oxygens (including phenoxy) is 1. The van der Waals surface area contributed by atoms with Gasteiger partial charge in [0.25, 0.3) is 0 Å². The second-order valence-electron chi connectivity index (χ2n) is 3.01. The van der Waals surface area contributed by atoms with Crippen LogP contribution in [-0.2, 0) is 9.53 Å². The maximum atomic E-state index is 11.3. The molecule has 1 atom stereocenters. The molecule has 2 heterocycles. The molecule has 6 heteroatoms. The van der Waals surface area contributed by atoms with Crippen molar-refractivity contribution in [2.75, 3.05) is 7.11 Å². The lowest BCUT2D eigenvalue weighted by Gasteiger charge is -2.07. The quantitative estimate of drug-likeness (QED) is 0.694. The van der Waals surface area contributed by atoms with Crippen LogP contribution in [0.3, 0.4) is 0 Å². The van der Waals surface area contributed by atoms with Crippen LogP contribution in [0.15, 0.2) is 24.8 Å². The monoisotopic (exact) mass is 206 g/mol. The predicted molar refractivity (Wildman–Crippen MR) is 51.9 cm³/mol. The van der Waals surface area contributed by atoms with Gasteiger partial charge >= 0.3 is 5.97 Å². The first-order valence-electron chi connectivity index (χ1n) is 4.34. The Hall–Kier alpha value is -1.95. The number of nitrogens with zero attached hydrogens (tertiary/aromatic N) is 3. The molecule has 2 aromatic heterocycles. The lowest BCUT2D eigenvalue weighted by Crippen LogP contribution is -2.22. The van der Waals surface area contributed by atoms with E-state index >= 15 is 0 Å². The highest BCUT2D eigenvalue weighted by Gasteiger charge is 2.19. The van der Waals surface area contributed by atoms with Crippen LogP contribution < -0.4 is 5.73 Å². The number of carbonyl (C=O) groups is 1. The second-order valence-corrected chi connectivity index (χ2v) is 3.01. The molecule has 15 heavy (non-hydrogen) atoms. The van der Waals surface area contributed by atoms with Crippen LogP contribution >= 0.6 is 0 Å². The topological polar surface area (TPSA) is 82.5 Å². The SMILES string of the molecule is COC(=O)C(N)c1ccn2ncncc12. The van der Waals surface area contributed by atoms with E-state index in [1.807, 2.05) is 0 Å². The third-order valence-corrected chi connectivity index (χ3v) is 2.17. The zero-order chi connectivity index (χ0) is 10.8. The summed E-state index contributed by atoms with van der Waals surface area (Å²) in [5.74, 6) is -0.480. The van der Waals surface area contributed by atoms with E-state index in [2.05, 4.69) is 14.8 Å². The normalized spacial score (nSPS) is 12.7. The fraction of sp³-hybridized carbons (Fsp3) is 0.222. The molecule has 0 spiro atoms. The van der Waals surface area contributed by atoms with Crippen molar-refractivity contribution in [3.8, 4) is 0 Å². The van der Waals surface area contributed by atoms with Crippen molar-refractivity contribution in [3.63, 3.8) is 0 Å². The first kappa shape index (κ1) is 9.60. The third-order valence-electron chi connectivity index (χ3n) is 2.17. The molecule has 6 nitrogen and oxygen atoms in total. The molecule has 0 aliphatic carbocycles. The summed E-state index contributed by atoms with van der Waals surface area (Å²) in [6, 6.07) is 0.928. The van der Waals surface area contributed by atoms with Crippen molar-refractivity contribution in [2.24, 2.45) is 5.73 Å². The molecule has 2 N–H and O–H groups in total. The highest BCUT2D eigenvalue weighted by Crippen LogP contribution is 2.17. The predicted octanol–water partition coefficient (Wildman–Crippen LogP) is -0.0979. The number of nitrogens with two attached hydrogens (primary N) is 1. The van der Waals surface area contributed by atoms with E-state index in [-0.39, 0.29) is 0 Å². The molecule has 0 amide bonds. The van der Waals surface area contributed by atoms with Crippen molar-refractivity contribution < 1.29 is 9.53 Å². The van der Waals surface area contributed by atoms with Gasteiger partial charge in [-0.25, -0.2) is 9.50 Å². The van der Waals surface area contributed by atoms with E-state index in [9.17, 15) is 4.79 Å². The van der Waals surface area contributed by atoms with E-state index in [4.69, 9.17) is 5.73 Å². The maximum absolute atomic E-state index is 11.3. The van der Waals surface area contributed by atoms with Crippen molar-refractivity contribution in [3.05, 3.63) is 30.4 Å². The Labute approximate surface area is 85.7 Å². The molecule has 0 fully saturated rings. The molecule has 0 radical (unpaired) electrons. The number of methoxy groups -OCH3 is 1. The van der Waals surface area contributed by atoms with Crippen LogP contribution in [0.2, 0.25) is 0 Å². The summed E-state index contributed by atoms with van der Waals surface area (Å²) in [7, 11) is 1.30. The van der Waals surface area contributed by atoms with Gasteiger partial charge in [-0.2, -0.15) is 5.10 Å². The van der Waals surface area contributed by atoms with E-state index in [1.165, 1.54) is 13.4 Å². The standard InChI is InChI=1S/C9H10N4O2/c1-15-9(14)8(10)6-2-3-13-7(6)4-11-5-12-13/h2-5,8H,10H2,1H3. The minimum absolute atomic E-state index is 0.480. The number of carbonyl (C=O) groups excluding carboxylic acids is 1. The van der Waals surface area contributed by atoms with Crippen LogP contribution in [0, 0.1) is 0 Å². The molecule has 0 aromatic carbocycles. The first-order valence-corrected chi connectivity index (χ1v) is 4.34. The van der Waals surface area contributed by atoms with Gasteiger partial charge in [0.05, 0.1) is 18.8 Å². The van der Waals surface area contributed by atoms with Crippen molar-refractivity contribution >= 4 is 11.5 Å². The summed E-state index contributed by atoms with van der Waals surface area (Å²) in [6.45, 7) is 0. The molecule has 0 aliphatic rings. The summed E-state index contributed by atoms with van der Waals surface area (Å²) in [6.07, 6.45) is 4.74. The van der Waals surface area contributed by atoms with E-state index in [0.717, 1.165) is 0 Å². The molecular formula is C9H10N4O2. The Kier molecular flexibility index (Phi) is 2.34. The van der Waals surface area contributed by atoms with E-state index < -0.39 is 12.0 Å². The molecule has 2 aromatic rings. The largest absolute Gasteiger partial charge is 0.468 e. The van der Waals surface area contributed by atoms with E-state index in [0.29, 0.717) is 11.1 Å². The summed E-state index contributed by atoms with van der Waals surface area (Å²) in [4.78, 5) is 15.1. The zero-order valence-corrected chi connectivity index (χ0v) is 8.12. The number of rotatable bonds is 2. The lowest BCUT2D eigenvalue weighted by molar-refractivity contribution is -0.142. The summed E-state index contributed by atoms with van der Waals surface area (Å²) < 4.78 is 6.17. The Morgan fingerprint density at radius 2 is 2.47 bits per heavy atom. The van der Waals surface area contributed by atoms with Gasteiger partial charge in [-0.05, 0) is 6.07 Å². The van der Waals surface area contributed by atoms with Gasteiger partial charge < -0.3 is 10.5 Å². The summed E-state index contributed by atoms with van der Waals surface area (Å²) >= 11 is 0. The van der Waals surface area contributed by atoms with Gasteiger partial charge in [-0.15, -0.1) is 0 Å². The lowest BCUT2D eigenvalue weighted by atomic mass is 10.1. The van der Waals surface area contributed by atoms with Gasteiger partial charge in [0.15, 0.2) is 0 Å². The average Bonchev–Trinajstić information content (AvgIpc) is 2.70. The third kappa shape index (κ3) is 1.55. The highest BCUT2D eigenvalue weighted by molar-refractivity contribution is 5.80. The molecule has 0 saturated heterocycles. The van der Waals surface area contributed by atoms with Crippen LogP contribution in [0.1, 0.15) is 11.6 Å². The number of hydrogen-bond acceptors (Lipinski definition) is 5. The van der Waals surface area contributed by atoms with Crippen molar-refractivity contribution in [1.29, 1.82) is 0 Å². The Morgan fingerprint density at radius 1 is 1.67 bits per heavy atom. The minimum Gasteiger partial charge on any atom is -0.468 e. The van der Waals surface area contributed by atoms with Gasteiger partial charge in [-0.3, -0.25) is 4.79 Å². The van der Waals surface area contributed by atoms with Crippen molar-refractivity contribution in [2.45, 2.75) is 6.04 Å². The molecule has 78 valence electrons. The zero-order valence-electron chi connectivity index (χ0n) is 8.12. The minimum atomic E-state index is -0.800. The van der Waals surface area contributed by atoms with Gasteiger partial charge in [0, 0.05) is 11.8 Å². The Balaban J connectivity index is 2.48. The fourth-order valence-electron chi connectivity index (χ4n) is 1.39. The molecule has 0 saturated carbocycles. The number of hydrogen-bond donors (Lipinski definition) is 1. The molecule has 0 bridgehead atoms. The second kappa shape index (κ2) is 3.66. The van der Waals surface area contributed by atoms with Crippen molar-refractivity contribution in [1.82, 2.24) is 14.6 Å². The van der Waals surface area contributed by atoms with E-state index in [1.54, 1.807) is 23.0 Å². The average molecular weight is 206 g/mol. The van der Waals surface area contributed by atoms with Crippen LogP contribution in [0.4, 0.5) is 0 Å². The number of esters is 1. The molecule has 2 rings (SSSR count). The molecule has 0 aliphatic heterocycles. The molecule has 1 unspecified atom stereocenters. The molecular weight excluding hydrogens is 196 g/mol. The summed E-state index contributed by atoms with van der Waals surface area (Å²) in [5, 5.41) is 3.97. The number of fused-ring (bicyclic) bond motifs is 1. The first-order chi connectivity index (χ1) is 7.24. The van der Waals surface area contributed by atoms with Crippen LogP contribution in [-0.4, -0.2) is 27.7 Å². The van der Waals surface area contributed by atoms with Crippen LogP contribution in [0.25, 0.3) is 5.52 Å². The maximum Gasteiger partial charge on any atom is 0.327 e. The van der Waals surface area contributed by atoms with Gasteiger partial charge in [0.1, 0.15) is 12.4 Å².